The van der Waals surface area contributed by atoms with Crippen LogP contribution in [0.5, 0.6) is 0 Å². The fourth-order valence-electron chi connectivity index (χ4n) is 4.68. The molecule has 0 unspecified atom stereocenters. The topological polar surface area (TPSA) is 51.8 Å². The highest BCUT2D eigenvalue weighted by Crippen LogP contribution is 2.37. The summed E-state index contributed by atoms with van der Waals surface area (Å²) in [4.78, 5) is 13.0. The first-order chi connectivity index (χ1) is 32.7. The zero-order valence-electron chi connectivity index (χ0n) is 47.2. The standard InChI is InChI=1S/C41H25N3O/c1-2-10-29(11-3-1)39-42-40(44-41(43-39)34-14-8-16-37-38(34)33-13-6-7-15-36(33)45-37)30-22-17-26(18-23-30)31-24-21-28-20-19-27-9-4-5-12-32(27)35(28)25-31/h1-25H/i1D,2D,3D,4D,5D,6D,7D,8D,9D,10D,11D,12D,13D,14D,15D,16D,17D,18D,19D,20D,21D,22D,23D,24D,25D. The minimum absolute atomic E-state index is 0.403. The monoisotopic (exact) mass is 600 g/mol. The Kier molecular flexibility index (Phi) is 2.46. The van der Waals surface area contributed by atoms with E-state index in [1.807, 2.05) is 0 Å². The predicted octanol–water partition coefficient (Wildman–Crippen LogP) is 10.7. The van der Waals surface area contributed by atoms with Crippen LogP contribution in [0.1, 0.15) is 34.3 Å². The van der Waals surface area contributed by atoms with E-state index in [9.17, 15) is 6.85 Å². The molecule has 7 aromatic carbocycles. The summed E-state index contributed by atoms with van der Waals surface area (Å²) in [6, 6.07) is -21.1. The minimum Gasteiger partial charge on any atom is -0.456 e. The second-order valence-electron chi connectivity index (χ2n) is 9.32. The fourth-order valence-corrected chi connectivity index (χ4v) is 4.68. The van der Waals surface area contributed by atoms with Crippen molar-refractivity contribution >= 4 is 43.5 Å². The van der Waals surface area contributed by atoms with E-state index in [1.165, 1.54) is 0 Å². The third kappa shape index (κ3) is 4.35. The molecule has 0 fully saturated rings. The highest BCUT2D eigenvalue weighted by molar-refractivity contribution is 6.12. The molecule has 0 saturated carbocycles. The highest BCUT2D eigenvalue weighted by Gasteiger charge is 2.17. The molecule has 2 heterocycles. The highest BCUT2D eigenvalue weighted by atomic mass is 16.3. The average Bonchev–Trinajstić information content (AvgIpc) is 3.72. The molecule has 45 heavy (non-hydrogen) atoms. The summed E-state index contributed by atoms with van der Waals surface area (Å²) in [6.45, 7) is 0. The van der Waals surface area contributed by atoms with Crippen LogP contribution in [0.2, 0.25) is 0 Å². The maximum absolute atomic E-state index is 9.36. The van der Waals surface area contributed by atoms with Crippen molar-refractivity contribution in [1.29, 1.82) is 0 Å². The van der Waals surface area contributed by atoms with E-state index in [0.717, 1.165) is 0 Å². The van der Waals surface area contributed by atoms with Crippen LogP contribution < -0.4 is 0 Å². The number of para-hydroxylation sites is 1. The average molecular weight is 601 g/mol. The third-order valence-electron chi connectivity index (χ3n) is 6.69. The van der Waals surface area contributed by atoms with Crippen LogP contribution in [0.15, 0.2) is 155 Å². The molecule has 0 spiro atoms. The van der Waals surface area contributed by atoms with Crippen molar-refractivity contribution in [3.8, 4) is 45.3 Å². The first-order valence-corrected chi connectivity index (χ1v) is 13.0. The third-order valence-corrected chi connectivity index (χ3v) is 6.69. The lowest BCUT2D eigenvalue weighted by Crippen LogP contribution is -2.00. The molecule has 0 radical (unpaired) electrons. The molecule has 9 aromatic rings. The Labute approximate surface area is 294 Å². The largest absolute Gasteiger partial charge is 0.456 e. The Morgan fingerprint density at radius 2 is 0.978 bits per heavy atom. The fraction of sp³-hybridized carbons (Fsp3) is 0. The molecule has 0 amide bonds. The van der Waals surface area contributed by atoms with E-state index in [-0.39, 0.29) is 0 Å². The van der Waals surface area contributed by atoms with Gasteiger partial charge in [0.05, 0.1) is 34.3 Å². The Morgan fingerprint density at radius 3 is 1.80 bits per heavy atom. The van der Waals surface area contributed by atoms with Gasteiger partial charge in [-0.25, -0.2) is 15.0 Å². The molecule has 0 aliphatic rings. The van der Waals surface area contributed by atoms with Gasteiger partial charge in [-0.3, -0.25) is 0 Å². The molecule has 0 bridgehead atoms. The van der Waals surface area contributed by atoms with Crippen molar-refractivity contribution < 1.29 is 38.7 Å². The molecule has 0 aliphatic carbocycles. The predicted molar refractivity (Wildman–Crippen MR) is 184 cm³/mol. The van der Waals surface area contributed by atoms with Crippen LogP contribution in [0.3, 0.4) is 0 Å². The number of rotatable bonds is 4. The van der Waals surface area contributed by atoms with Gasteiger partial charge in [0.1, 0.15) is 11.2 Å². The van der Waals surface area contributed by atoms with Gasteiger partial charge in [0, 0.05) is 27.5 Å². The van der Waals surface area contributed by atoms with Gasteiger partial charge in [-0.05, 0) is 50.8 Å². The summed E-state index contributed by atoms with van der Waals surface area (Å²) < 4.78 is 224. The van der Waals surface area contributed by atoms with E-state index in [1.54, 1.807) is 0 Å². The first kappa shape index (κ1) is 10.8. The van der Waals surface area contributed by atoms with Crippen molar-refractivity contribution in [3.63, 3.8) is 0 Å². The number of hydrogen-bond donors (Lipinski definition) is 0. The van der Waals surface area contributed by atoms with Gasteiger partial charge in [0.2, 0.25) is 0 Å². The molecule has 4 nitrogen and oxygen atoms in total. The normalized spacial score (nSPS) is 19.3. The zero-order valence-corrected chi connectivity index (χ0v) is 22.2. The number of aromatic nitrogens is 3. The molecule has 2 aromatic heterocycles. The van der Waals surface area contributed by atoms with Crippen LogP contribution >= 0.6 is 0 Å². The molecule has 9 rings (SSSR count). The lowest BCUT2D eigenvalue weighted by molar-refractivity contribution is 0.669. The molecule has 0 saturated heterocycles. The van der Waals surface area contributed by atoms with Crippen LogP contribution in [0.4, 0.5) is 0 Å². The molecular weight excluding hydrogens is 550 g/mol. The number of benzene rings is 7. The summed E-state index contributed by atoms with van der Waals surface area (Å²) in [5, 5.41) is -2.85. The molecule has 0 atom stereocenters. The zero-order chi connectivity index (χ0) is 51.5. The quantitative estimate of drug-likeness (QED) is 0.189. The van der Waals surface area contributed by atoms with Crippen LogP contribution in [0.25, 0.3) is 88.8 Å². The van der Waals surface area contributed by atoms with Crippen molar-refractivity contribution in [3.05, 3.63) is 151 Å². The Morgan fingerprint density at radius 1 is 0.400 bits per heavy atom. The minimum atomic E-state index is -1.03. The van der Waals surface area contributed by atoms with Crippen molar-refractivity contribution in [2.75, 3.05) is 0 Å². The number of fused-ring (bicyclic) bond motifs is 6. The van der Waals surface area contributed by atoms with Crippen LogP contribution in [-0.2, 0) is 0 Å². The molecule has 210 valence electrons. The second-order valence-corrected chi connectivity index (χ2v) is 9.32. The van der Waals surface area contributed by atoms with Crippen LogP contribution in [-0.4, -0.2) is 15.0 Å². The van der Waals surface area contributed by atoms with Gasteiger partial charge in [-0.15, -0.1) is 0 Å². The molecule has 4 heteroatoms. The maximum atomic E-state index is 9.36. The summed E-state index contributed by atoms with van der Waals surface area (Å²) in [6.07, 6.45) is 0. The van der Waals surface area contributed by atoms with Crippen LogP contribution in [0, 0.1) is 0 Å². The summed E-state index contributed by atoms with van der Waals surface area (Å²) in [7, 11) is 0. The number of hydrogen-bond acceptors (Lipinski definition) is 4. The van der Waals surface area contributed by atoms with Crippen molar-refractivity contribution in [1.82, 2.24) is 15.0 Å². The SMILES string of the molecule is [2H]c1c([2H])c([2H])c(-c2nc(-c3c([2H])c([2H])c(-c4c([2H])c([2H])c5c([2H])c([2H])c6c([2H])c([2H])c([2H])c([2H])c6c5c4[2H])c([2H])c3[2H])nc(-c3c([2H])c([2H])c([2H])c4oc5c([2H])c([2H])c([2H])c([2H])c5c34)n2)c([2H])c1[2H]. The molecular formula is C41H25N3O. The van der Waals surface area contributed by atoms with E-state index in [0.29, 0.717) is 0 Å². The van der Waals surface area contributed by atoms with Gasteiger partial charge < -0.3 is 4.42 Å². The summed E-state index contributed by atoms with van der Waals surface area (Å²) in [5.41, 5.74) is -4.69. The van der Waals surface area contributed by atoms with E-state index < -0.39 is 240 Å². The van der Waals surface area contributed by atoms with E-state index in [2.05, 4.69) is 15.0 Å². The Hall–Kier alpha value is -6.13. The second kappa shape index (κ2) is 10.2. The lowest BCUT2D eigenvalue weighted by Gasteiger charge is -2.10. The van der Waals surface area contributed by atoms with E-state index >= 15 is 0 Å². The van der Waals surface area contributed by atoms with Gasteiger partial charge in [-0.1, -0.05) is 133 Å². The maximum Gasteiger partial charge on any atom is 0.164 e. The Bertz CT molecular complexity index is 3910. The molecule has 0 aliphatic heterocycles. The van der Waals surface area contributed by atoms with E-state index in [4.69, 9.17) is 31.8 Å². The van der Waals surface area contributed by atoms with Crippen molar-refractivity contribution in [2.24, 2.45) is 0 Å². The van der Waals surface area contributed by atoms with Gasteiger partial charge in [0.25, 0.3) is 0 Å². The smallest absolute Gasteiger partial charge is 0.164 e. The first-order valence-electron chi connectivity index (χ1n) is 25.5. The molecule has 0 N–H and O–H groups in total. The number of furan rings is 1. The lowest BCUT2D eigenvalue weighted by atomic mass is 9.97. The Balaban J connectivity index is 1.42. The van der Waals surface area contributed by atoms with Gasteiger partial charge in [-0.2, -0.15) is 0 Å². The van der Waals surface area contributed by atoms with Gasteiger partial charge in [0.15, 0.2) is 17.5 Å². The number of nitrogens with zero attached hydrogens (tertiary/aromatic N) is 3. The van der Waals surface area contributed by atoms with Crippen molar-refractivity contribution in [2.45, 2.75) is 0 Å². The van der Waals surface area contributed by atoms with Gasteiger partial charge >= 0.3 is 0 Å². The summed E-state index contributed by atoms with van der Waals surface area (Å²) in [5.74, 6) is -2.41. The summed E-state index contributed by atoms with van der Waals surface area (Å²) >= 11 is 0.